The Morgan fingerprint density at radius 3 is 2.47 bits per heavy atom. The summed E-state index contributed by atoms with van der Waals surface area (Å²) in [5.74, 6) is 0. The summed E-state index contributed by atoms with van der Waals surface area (Å²) in [5, 5.41) is 3.52. The van der Waals surface area contributed by atoms with Gasteiger partial charge in [0.05, 0.1) is 12.1 Å². The van der Waals surface area contributed by atoms with Crippen molar-refractivity contribution in [3.05, 3.63) is 46.3 Å². The summed E-state index contributed by atoms with van der Waals surface area (Å²) in [6.45, 7) is 5.88. The summed E-state index contributed by atoms with van der Waals surface area (Å²) in [6, 6.07) is 9.53. The molecule has 1 rings (SSSR count). The summed E-state index contributed by atoms with van der Waals surface area (Å²) in [5.41, 5.74) is 8.87. The SMILES string of the molecule is CC(C)(C)OOC(CN=[N+]=[N-])c1ccccc1. The van der Waals surface area contributed by atoms with Crippen molar-refractivity contribution < 1.29 is 9.78 Å². The standard InChI is InChI=1S/C12H17N3O2/c1-12(2,3)17-16-11(9-14-15-13)10-7-5-4-6-8-10/h4-8,11H,9H2,1-3H3. The van der Waals surface area contributed by atoms with Crippen LogP contribution in [-0.4, -0.2) is 12.1 Å². The van der Waals surface area contributed by atoms with Gasteiger partial charge in [-0.3, -0.25) is 0 Å². The van der Waals surface area contributed by atoms with Gasteiger partial charge in [0.1, 0.15) is 6.10 Å². The molecule has 5 heteroatoms. The van der Waals surface area contributed by atoms with Gasteiger partial charge in [-0.2, -0.15) is 0 Å². The van der Waals surface area contributed by atoms with Gasteiger partial charge >= 0.3 is 0 Å². The Bertz CT molecular complexity index is 380. The third kappa shape index (κ3) is 5.36. The monoisotopic (exact) mass is 235 g/mol. The molecule has 92 valence electrons. The van der Waals surface area contributed by atoms with Gasteiger partial charge in [-0.1, -0.05) is 35.4 Å². The van der Waals surface area contributed by atoms with Crippen molar-refractivity contribution >= 4 is 0 Å². The molecule has 0 aliphatic heterocycles. The highest BCUT2D eigenvalue weighted by molar-refractivity contribution is 5.17. The minimum atomic E-state index is -0.399. The lowest BCUT2D eigenvalue weighted by Gasteiger charge is -2.22. The molecule has 0 aromatic heterocycles. The molecule has 0 spiro atoms. The lowest BCUT2D eigenvalue weighted by molar-refractivity contribution is -0.374. The molecule has 5 nitrogen and oxygen atoms in total. The second-order valence-electron chi connectivity index (χ2n) is 4.60. The van der Waals surface area contributed by atoms with Gasteiger partial charge in [0, 0.05) is 4.91 Å². The Morgan fingerprint density at radius 1 is 1.29 bits per heavy atom. The third-order valence-electron chi connectivity index (χ3n) is 1.90. The zero-order valence-corrected chi connectivity index (χ0v) is 10.3. The van der Waals surface area contributed by atoms with Gasteiger partial charge in [0.15, 0.2) is 0 Å². The molecule has 0 bridgehead atoms. The van der Waals surface area contributed by atoms with Crippen molar-refractivity contribution in [3.63, 3.8) is 0 Å². The van der Waals surface area contributed by atoms with Gasteiger partial charge in [-0.05, 0) is 31.9 Å². The number of rotatable bonds is 5. The van der Waals surface area contributed by atoms with Gasteiger partial charge in [-0.25, -0.2) is 9.78 Å². The molecule has 17 heavy (non-hydrogen) atoms. The molecule has 0 radical (unpaired) electrons. The number of benzene rings is 1. The predicted molar refractivity (Wildman–Crippen MR) is 65.1 cm³/mol. The summed E-state index contributed by atoms with van der Waals surface area (Å²) >= 11 is 0. The fourth-order valence-electron chi connectivity index (χ4n) is 1.17. The molecule has 1 atom stereocenters. The number of hydrogen-bond acceptors (Lipinski definition) is 3. The second-order valence-corrected chi connectivity index (χ2v) is 4.60. The molecule has 1 aromatic carbocycles. The lowest BCUT2D eigenvalue weighted by atomic mass is 10.1. The summed E-state index contributed by atoms with van der Waals surface area (Å²) in [7, 11) is 0. The van der Waals surface area contributed by atoms with E-state index in [0.717, 1.165) is 5.56 Å². The van der Waals surface area contributed by atoms with Gasteiger partial charge < -0.3 is 0 Å². The van der Waals surface area contributed by atoms with E-state index in [9.17, 15) is 0 Å². The Kier molecular flexibility index (Phi) is 4.97. The topological polar surface area (TPSA) is 67.2 Å². The molecule has 0 N–H and O–H groups in total. The van der Waals surface area contributed by atoms with Crippen LogP contribution >= 0.6 is 0 Å². The van der Waals surface area contributed by atoms with Crippen LogP contribution in [0.4, 0.5) is 0 Å². The Morgan fingerprint density at radius 2 is 1.94 bits per heavy atom. The van der Waals surface area contributed by atoms with Crippen LogP contribution in [0.15, 0.2) is 35.4 Å². The number of nitrogens with zero attached hydrogens (tertiary/aromatic N) is 3. The van der Waals surface area contributed by atoms with E-state index < -0.39 is 5.60 Å². The van der Waals surface area contributed by atoms with Crippen molar-refractivity contribution in [1.82, 2.24) is 0 Å². The molecule has 1 unspecified atom stereocenters. The average Bonchev–Trinajstić information content (AvgIpc) is 2.29. The predicted octanol–water partition coefficient (Wildman–Crippen LogP) is 3.78. The maximum atomic E-state index is 8.35. The van der Waals surface area contributed by atoms with E-state index in [1.54, 1.807) is 0 Å². The van der Waals surface area contributed by atoms with Crippen LogP contribution in [0.3, 0.4) is 0 Å². The first-order valence-electron chi connectivity index (χ1n) is 5.43. The van der Waals surface area contributed by atoms with Crippen LogP contribution in [0, 0.1) is 0 Å². The minimum Gasteiger partial charge on any atom is -0.230 e. The largest absolute Gasteiger partial charge is 0.230 e. The summed E-state index contributed by atoms with van der Waals surface area (Å²) in [6.07, 6.45) is -0.383. The van der Waals surface area contributed by atoms with Crippen molar-refractivity contribution in [1.29, 1.82) is 0 Å². The highest BCUT2D eigenvalue weighted by atomic mass is 17.2. The maximum Gasteiger partial charge on any atom is 0.124 e. The second kappa shape index (κ2) is 6.25. The van der Waals surface area contributed by atoms with E-state index in [1.807, 2.05) is 51.1 Å². The van der Waals surface area contributed by atoms with Crippen LogP contribution in [-0.2, 0) is 9.78 Å². The van der Waals surface area contributed by atoms with Gasteiger partial charge in [0.25, 0.3) is 0 Å². The van der Waals surface area contributed by atoms with Crippen LogP contribution < -0.4 is 0 Å². The zero-order valence-electron chi connectivity index (χ0n) is 10.3. The smallest absolute Gasteiger partial charge is 0.124 e. The number of hydrogen-bond donors (Lipinski definition) is 0. The van der Waals surface area contributed by atoms with E-state index >= 15 is 0 Å². The van der Waals surface area contributed by atoms with E-state index in [4.69, 9.17) is 15.3 Å². The van der Waals surface area contributed by atoms with Crippen LogP contribution in [0.1, 0.15) is 32.4 Å². The highest BCUT2D eigenvalue weighted by Gasteiger charge is 2.17. The molecule has 0 heterocycles. The summed E-state index contributed by atoms with van der Waals surface area (Å²) < 4.78 is 0. The van der Waals surface area contributed by atoms with Crippen molar-refractivity contribution in [3.8, 4) is 0 Å². The average molecular weight is 235 g/mol. The molecule has 0 aliphatic carbocycles. The zero-order chi connectivity index (χ0) is 12.7. The fraction of sp³-hybridized carbons (Fsp3) is 0.500. The van der Waals surface area contributed by atoms with E-state index in [-0.39, 0.29) is 12.6 Å². The van der Waals surface area contributed by atoms with Crippen LogP contribution in [0.5, 0.6) is 0 Å². The Balaban J connectivity index is 2.71. The maximum absolute atomic E-state index is 8.35. The first kappa shape index (κ1) is 13.5. The highest BCUT2D eigenvalue weighted by Crippen LogP contribution is 2.21. The van der Waals surface area contributed by atoms with Crippen LogP contribution in [0.25, 0.3) is 10.4 Å². The molecule has 0 saturated heterocycles. The fourth-order valence-corrected chi connectivity index (χ4v) is 1.17. The third-order valence-corrected chi connectivity index (χ3v) is 1.90. The van der Waals surface area contributed by atoms with Crippen LogP contribution in [0.2, 0.25) is 0 Å². The Labute approximate surface area is 101 Å². The molecule has 0 amide bonds. The molecule has 0 fully saturated rings. The first-order valence-corrected chi connectivity index (χ1v) is 5.43. The van der Waals surface area contributed by atoms with Crippen molar-refractivity contribution in [2.75, 3.05) is 6.54 Å². The van der Waals surface area contributed by atoms with E-state index in [2.05, 4.69) is 10.0 Å². The molecular formula is C12H17N3O2. The van der Waals surface area contributed by atoms with Gasteiger partial charge in [-0.15, -0.1) is 0 Å². The quantitative estimate of drug-likeness (QED) is 0.256. The Hall–Kier alpha value is -1.55. The van der Waals surface area contributed by atoms with Crippen molar-refractivity contribution in [2.45, 2.75) is 32.5 Å². The lowest BCUT2D eigenvalue weighted by Crippen LogP contribution is -2.22. The molecular weight excluding hydrogens is 218 g/mol. The first-order chi connectivity index (χ1) is 8.03. The molecule has 0 aliphatic rings. The van der Waals surface area contributed by atoms with E-state index in [1.165, 1.54) is 0 Å². The number of azide groups is 1. The van der Waals surface area contributed by atoms with Crippen molar-refractivity contribution in [2.24, 2.45) is 5.11 Å². The molecule has 1 aromatic rings. The summed E-state index contributed by atoms with van der Waals surface area (Å²) in [4.78, 5) is 13.3. The minimum absolute atomic E-state index is 0.205. The molecule has 0 saturated carbocycles. The normalized spacial score (nSPS) is 12.9. The van der Waals surface area contributed by atoms with E-state index in [0.29, 0.717) is 0 Å². The van der Waals surface area contributed by atoms with Gasteiger partial charge in [0.2, 0.25) is 0 Å².